The zero-order valence-electron chi connectivity index (χ0n) is 28.0. The van der Waals surface area contributed by atoms with Crippen LogP contribution in [0.2, 0.25) is 0 Å². The molecule has 2 aliphatic carbocycles. The number of hydrogen-bond donors (Lipinski definition) is 0. The average molecular weight is 559 g/mol. The molecule has 0 aromatic rings. The normalized spacial score (nSPS) is 31.6. The zero-order chi connectivity index (χ0) is 30.6. The Kier molecular flexibility index (Phi) is 12.0. The van der Waals surface area contributed by atoms with Gasteiger partial charge in [-0.15, -0.1) is 0 Å². The molecule has 4 nitrogen and oxygen atoms in total. The first kappa shape index (κ1) is 34.9. The minimum Gasteiger partial charge on any atom is -0.298 e. The Morgan fingerprint density at radius 3 is 1.77 bits per heavy atom. The van der Waals surface area contributed by atoms with Gasteiger partial charge in [0, 0.05) is 5.92 Å². The van der Waals surface area contributed by atoms with Crippen LogP contribution < -0.4 is 0 Å². The molecule has 2 rings (SSSR count). The van der Waals surface area contributed by atoms with Crippen LogP contribution in [-0.2, 0) is 19.2 Å². The molecule has 0 spiro atoms. The van der Waals surface area contributed by atoms with Crippen molar-refractivity contribution in [3.63, 3.8) is 0 Å². The highest BCUT2D eigenvalue weighted by Crippen LogP contribution is 2.67. The lowest BCUT2D eigenvalue weighted by Gasteiger charge is -2.62. The van der Waals surface area contributed by atoms with Crippen LogP contribution in [0, 0.1) is 57.7 Å². The molecule has 230 valence electrons. The fraction of sp³-hybridized carbons (Fsp3) is 0.889. The third-order valence-corrected chi connectivity index (χ3v) is 10.8. The summed E-state index contributed by atoms with van der Waals surface area (Å²) in [5.41, 5.74) is -3.71. The third kappa shape index (κ3) is 6.36. The smallest absolute Gasteiger partial charge is 0.168 e. The molecule has 0 amide bonds. The second kappa shape index (κ2) is 13.8. The minimum atomic E-state index is -1.72. The SMILES string of the molecule is CCC(C)C(=O)C12C(=O)C(CCC(C)C)C(=O)C(CCC(C)C)(CC(CCC(C)C)C1(C)CCCC(C)C)C2=O. The second-order valence-corrected chi connectivity index (χ2v) is 15.6. The molecule has 2 bridgehead atoms. The first-order valence-electron chi connectivity index (χ1n) is 16.7. The van der Waals surface area contributed by atoms with Crippen LogP contribution in [0.1, 0.15) is 147 Å². The maximum atomic E-state index is 15.2. The standard InChI is InChI=1S/C36H62O4/c1-12-27(10)30(37)36-32(39)29(18-16-25(6)7)31(38)35(33(36)40,21-19-26(8)9)22-28(17-15-24(4)5)34(36,11)20-13-14-23(2)3/h23-29H,12-22H2,1-11H3. The number of carbonyl (C=O) groups is 4. The Morgan fingerprint density at radius 1 is 0.750 bits per heavy atom. The van der Waals surface area contributed by atoms with Gasteiger partial charge in [0.05, 0.1) is 11.3 Å². The van der Waals surface area contributed by atoms with E-state index in [-0.39, 0.29) is 29.1 Å². The molecule has 2 aliphatic rings. The van der Waals surface area contributed by atoms with Crippen molar-refractivity contribution in [1.29, 1.82) is 0 Å². The van der Waals surface area contributed by atoms with E-state index in [0.29, 0.717) is 55.8 Å². The summed E-state index contributed by atoms with van der Waals surface area (Å²) in [6, 6.07) is 0. The molecule has 0 N–H and O–H groups in total. The second-order valence-electron chi connectivity index (χ2n) is 15.6. The number of fused-ring (bicyclic) bond motifs is 2. The number of Topliss-reactive ketones (excluding diaryl/α,β-unsaturated/α-hetero) is 4. The Balaban J connectivity index is 2.93. The summed E-state index contributed by atoms with van der Waals surface area (Å²) in [6.45, 7) is 23.3. The Hall–Kier alpha value is -1.32. The van der Waals surface area contributed by atoms with Gasteiger partial charge in [0.25, 0.3) is 0 Å². The number of carbonyl (C=O) groups excluding carboxylic acids is 4. The molecular formula is C36H62O4. The molecule has 0 radical (unpaired) electrons. The monoisotopic (exact) mass is 558 g/mol. The van der Waals surface area contributed by atoms with Crippen molar-refractivity contribution in [3.8, 4) is 0 Å². The van der Waals surface area contributed by atoms with E-state index in [1.165, 1.54) is 0 Å². The van der Waals surface area contributed by atoms with Crippen molar-refractivity contribution < 1.29 is 19.2 Å². The molecule has 0 aliphatic heterocycles. The van der Waals surface area contributed by atoms with Gasteiger partial charge >= 0.3 is 0 Å². The van der Waals surface area contributed by atoms with Crippen LogP contribution in [0.4, 0.5) is 0 Å². The van der Waals surface area contributed by atoms with Crippen molar-refractivity contribution in [2.24, 2.45) is 57.7 Å². The van der Waals surface area contributed by atoms with E-state index in [4.69, 9.17) is 0 Å². The molecule has 0 heterocycles. The topological polar surface area (TPSA) is 68.3 Å². The molecule has 0 aromatic heterocycles. The largest absolute Gasteiger partial charge is 0.298 e. The van der Waals surface area contributed by atoms with E-state index in [1.807, 2.05) is 13.8 Å². The molecule has 2 fully saturated rings. The van der Waals surface area contributed by atoms with E-state index < -0.39 is 28.1 Å². The number of ketones is 4. The van der Waals surface area contributed by atoms with Gasteiger partial charge in [0.2, 0.25) is 0 Å². The lowest BCUT2D eigenvalue weighted by Crippen LogP contribution is -2.75. The van der Waals surface area contributed by atoms with Crippen LogP contribution >= 0.6 is 0 Å². The van der Waals surface area contributed by atoms with Crippen LogP contribution in [-0.4, -0.2) is 23.1 Å². The van der Waals surface area contributed by atoms with Crippen LogP contribution in [0.15, 0.2) is 0 Å². The van der Waals surface area contributed by atoms with Gasteiger partial charge in [0.1, 0.15) is 0 Å². The van der Waals surface area contributed by atoms with Crippen molar-refractivity contribution in [3.05, 3.63) is 0 Å². The van der Waals surface area contributed by atoms with Gasteiger partial charge < -0.3 is 0 Å². The molecule has 4 heteroatoms. The summed E-state index contributed by atoms with van der Waals surface area (Å²) in [5, 5.41) is 0. The van der Waals surface area contributed by atoms with Gasteiger partial charge in [-0.3, -0.25) is 19.2 Å². The average Bonchev–Trinajstić information content (AvgIpc) is 2.86. The highest BCUT2D eigenvalue weighted by Gasteiger charge is 2.78. The summed E-state index contributed by atoms with van der Waals surface area (Å²) in [7, 11) is 0. The maximum Gasteiger partial charge on any atom is 0.168 e. The first-order valence-corrected chi connectivity index (χ1v) is 16.7. The van der Waals surface area contributed by atoms with E-state index >= 15 is 4.79 Å². The fourth-order valence-corrected chi connectivity index (χ4v) is 7.91. The summed E-state index contributed by atoms with van der Waals surface area (Å²) in [6.07, 6.45) is 7.85. The highest BCUT2D eigenvalue weighted by atomic mass is 16.2. The quantitative estimate of drug-likeness (QED) is 0.177. The number of hydrogen-bond acceptors (Lipinski definition) is 4. The Morgan fingerprint density at radius 2 is 1.27 bits per heavy atom. The van der Waals surface area contributed by atoms with Crippen LogP contribution in [0.5, 0.6) is 0 Å². The van der Waals surface area contributed by atoms with Gasteiger partial charge in [-0.1, -0.05) is 95.4 Å². The predicted octanol–water partition coefficient (Wildman–Crippen LogP) is 9.07. The lowest BCUT2D eigenvalue weighted by molar-refractivity contribution is -0.192. The highest BCUT2D eigenvalue weighted by molar-refractivity contribution is 6.38. The summed E-state index contributed by atoms with van der Waals surface area (Å²) in [4.78, 5) is 59.5. The summed E-state index contributed by atoms with van der Waals surface area (Å²) >= 11 is 0. The third-order valence-electron chi connectivity index (χ3n) is 10.8. The lowest BCUT2D eigenvalue weighted by atomic mass is 9.35. The van der Waals surface area contributed by atoms with Gasteiger partial charge in [-0.25, -0.2) is 0 Å². The van der Waals surface area contributed by atoms with Crippen LogP contribution in [0.3, 0.4) is 0 Å². The van der Waals surface area contributed by atoms with Crippen LogP contribution in [0.25, 0.3) is 0 Å². The van der Waals surface area contributed by atoms with Crippen molar-refractivity contribution in [2.75, 3.05) is 0 Å². The van der Waals surface area contributed by atoms with Gasteiger partial charge in [0.15, 0.2) is 28.5 Å². The molecule has 6 unspecified atom stereocenters. The van der Waals surface area contributed by atoms with Crippen molar-refractivity contribution in [1.82, 2.24) is 0 Å². The van der Waals surface area contributed by atoms with E-state index in [2.05, 4.69) is 62.3 Å². The van der Waals surface area contributed by atoms with Crippen molar-refractivity contribution >= 4 is 23.1 Å². The maximum absolute atomic E-state index is 15.2. The fourth-order valence-electron chi connectivity index (χ4n) is 7.91. The van der Waals surface area contributed by atoms with E-state index in [9.17, 15) is 14.4 Å². The first-order chi connectivity index (χ1) is 18.5. The van der Waals surface area contributed by atoms with Gasteiger partial charge in [-0.05, 0) is 86.4 Å². The van der Waals surface area contributed by atoms with E-state index in [1.54, 1.807) is 0 Å². The molecule has 6 atom stereocenters. The Labute approximate surface area is 246 Å². The Bertz CT molecular complexity index is 914. The minimum absolute atomic E-state index is 0.0149. The summed E-state index contributed by atoms with van der Waals surface area (Å²) in [5.74, 6) is -0.627. The molecule has 2 saturated carbocycles. The van der Waals surface area contributed by atoms with Crippen molar-refractivity contribution in [2.45, 2.75) is 147 Å². The van der Waals surface area contributed by atoms with Gasteiger partial charge in [-0.2, -0.15) is 0 Å². The molecular weight excluding hydrogens is 496 g/mol. The van der Waals surface area contributed by atoms with E-state index in [0.717, 1.165) is 38.5 Å². The zero-order valence-corrected chi connectivity index (χ0v) is 28.0. The number of rotatable bonds is 16. The summed E-state index contributed by atoms with van der Waals surface area (Å²) < 4.78 is 0. The molecule has 0 saturated heterocycles. The molecule has 0 aromatic carbocycles. The molecule has 40 heavy (non-hydrogen) atoms. The predicted molar refractivity (Wildman–Crippen MR) is 165 cm³/mol.